The van der Waals surface area contributed by atoms with Gasteiger partial charge in [-0.05, 0) is 83.5 Å². The highest BCUT2D eigenvalue weighted by Gasteiger charge is 2.22. The maximum atomic E-state index is 12.9. The molecule has 0 aromatic carbocycles. The van der Waals surface area contributed by atoms with E-state index >= 15 is 0 Å². The molecule has 9 heteroatoms. The van der Waals surface area contributed by atoms with E-state index in [2.05, 4.69) is 123 Å². The monoisotopic (exact) mass is 1030 g/mol. The topological polar surface area (TPSA) is 111 Å². The van der Waals surface area contributed by atoms with Crippen LogP contribution in [0.4, 0.5) is 0 Å². The van der Waals surface area contributed by atoms with Crippen molar-refractivity contribution >= 4 is 17.9 Å². The van der Waals surface area contributed by atoms with E-state index in [4.69, 9.17) is 18.9 Å². The highest BCUT2D eigenvalue weighted by atomic mass is 16.7. The minimum Gasteiger partial charge on any atom is -0.545 e. The number of esters is 2. The minimum absolute atomic E-state index is 0.139. The molecule has 0 aliphatic carbocycles. The van der Waals surface area contributed by atoms with Crippen LogP contribution in [0.15, 0.2) is 109 Å². The number of nitrogens with zero attached hydrogens (tertiary/aromatic N) is 1. The molecule has 0 heterocycles. The average Bonchev–Trinajstić information content (AvgIpc) is 3.37. The summed E-state index contributed by atoms with van der Waals surface area (Å²) in [5.41, 5.74) is 0. The van der Waals surface area contributed by atoms with Gasteiger partial charge in [-0.3, -0.25) is 9.59 Å². The Labute approximate surface area is 454 Å². The second-order valence-electron chi connectivity index (χ2n) is 20.6. The van der Waals surface area contributed by atoms with Gasteiger partial charge in [0.2, 0.25) is 0 Å². The Balaban J connectivity index is 4.29. The van der Waals surface area contributed by atoms with Crippen LogP contribution in [0.25, 0.3) is 0 Å². The quantitative estimate of drug-likeness (QED) is 0.0195. The van der Waals surface area contributed by atoms with E-state index in [1.54, 1.807) is 0 Å². The Bertz CT molecular complexity index is 1580. The molecule has 0 rings (SSSR count). The number of carbonyl (C=O) groups is 3. The molecule has 0 aromatic rings. The number of aliphatic carboxylic acids is 1. The van der Waals surface area contributed by atoms with Gasteiger partial charge < -0.3 is 33.3 Å². The van der Waals surface area contributed by atoms with E-state index in [0.717, 1.165) is 109 Å². The van der Waals surface area contributed by atoms with Crippen LogP contribution in [0.1, 0.15) is 226 Å². The van der Waals surface area contributed by atoms with Crippen molar-refractivity contribution in [2.24, 2.45) is 0 Å². The lowest BCUT2D eigenvalue weighted by Gasteiger charge is -2.26. The largest absolute Gasteiger partial charge is 0.545 e. The number of ether oxygens (including phenoxy) is 4. The Morgan fingerprint density at radius 1 is 0.419 bits per heavy atom. The first-order valence-corrected chi connectivity index (χ1v) is 29.5. The number of rotatable bonds is 53. The fourth-order valence-electron chi connectivity index (χ4n) is 7.76. The van der Waals surface area contributed by atoms with Gasteiger partial charge in [0.1, 0.15) is 13.2 Å². The van der Waals surface area contributed by atoms with E-state index in [-0.39, 0.29) is 38.6 Å². The number of allylic oxidation sites excluding steroid dienone is 18. The van der Waals surface area contributed by atoms with E-state index in [9.17, 15) is 19.5 Å². The van der Waals surface area contributed by atoms with Crippen LogP contribution in [-0.4, -0.2) is 82.3 Å². The summed E-state index contributed by atoms with van der Waals surface area (Å²) in [6, 6.07) is 0. The predicted octanol–water partition coefficient (Wildman–Crippen LogP) is 16.2. The number of carbonyl (C=O) groups excluding carboxylic acids is 3. The Kier molecular flexibility index (Phi) is 52.2. The lowest BCUT2D eigenvalue weighted by Crippen LogP contribution is -2.44. The van der Waals surface area contributed by atoms with Gasteiger partial charge in [0.15, 0.2) is 12.4 Å². The van der Waals surface area contributed by atoms with Gasteiger partial charge in [-0.15, -0.1) is 0 Å². The van der Waals surface area contributed by atoms with Crippen molar-refractivity contribution in [2.75, 3.05) is 47.5 Å². The zero-order valence-corrected chi connectivity index (χ0v) is 47.9. The van der Waals surface area contributed by atoms with Crippen LogP contribution in [0.3, 0.4) is 0 Å². The lowest BCUT2D eigenvalue weighted by atomic mass is 10.0. The second kappa shape index (κ2) is 55.2. The molecule has 422 valence electrons. The zero-order valence-electron chi connectivity index (χ0n) is 47.9. The molecular formula is C65H109NO8. The van der Waals surface area contributed by atoms with E-state index in [1.165, 1.54) is 83.5 Å². The zero-order chi connectivity index (χ0) is 54.1. The Morgan fingerprint density at radius 3 is 1.15 bits per heavy atom. The molecule has 0 saturated carbocycles. The summed E-state index contributed by atoms with van der Waals surface area (Å²) in [4.78, 5) is 37.3. The molecule has 0 fully saturated rings. The third-order valence-corrected chi connectivity index (χ3v) is 12.3. The van der Waals surface area contributed by atoms with Crippen LogP contribution in [0, 0.1) is 0 Å². The molecule has 0 amide bonds. The molecule has 0 saturated heterocycles. The van der Waals surface area contributed by atoms with Crippen molar-refractivity contribution in [3.05, 3.63) is 109 Å². The van der Waals surface area contributed by atoms with Crippen LogP contribution in [0.2, 0.25) is 0 Å². The molecule has 74 heavy (non-hydrogen) atoms. The number of hydrogen-bond donors (Lipinski definition) is 0. The molecule has 0 aliphatic heterocycles. The summed E-state index contributed by atoms with van der Waals surface area (Å²) < 4.78 is 22.7. The van der Waals surface area contributed by atoms with Gasteiger partial charge in [-0.25, -0.2) is 0 Å². The van der Waals surface area contributed by atoms with Crippen molar-refractivity contribution in [1.82, 2.24) is 0 Å². The Morgan fingerprint density at radius 2 is 0.770 bits per heavy atom. The SMILES string of the molecule is CC/C=C\C/C=C\C/C=C\C/C=C\C/C=C\C/C=C\C/C=C\C/C=C\C/C=C\CCCCCCCC(=O)OC(COC(=O)CCCCCCCCCCCCCCCCCC)COC(OCC[N+](C)(C)C)C(=O)[O-]. The summed E-state index contributed by atoms with van der Waals surface area (Å²) in [6.45, 7) is 4.61. The maximum Gasteiger partial charge on any atom is 0.306 e. The molecule has 2 unspecified atom stereocenters. The molecule has 9 nitrogen and oxygen atoms in total. The maximum absolute atomic E-state index is 12.9. The molecule has 0 aromatic heterocycles. The summed E-state index contributed by atoms with van der Waals surface area (Å²) in [6.07, 6.45) is 72.8. The molecule has 0 aliphatic rings. The van der Waals surface area contributed by atoms with Crippen LogP contribution >= 0.6 is 0 Å². The van der Waals surface area contributed by atoms with Crippen molar-refractivity contribution in [3.63, 3.8) is 0 Å². The van der Waals surface area contributed by atoms with E-state index in [1.807, 2.05) is 21.1 Å². The van der Waals surface area contributed by atoms with Gasteiger partial charge in [0.25, 0.3) is 0 Å². The fourth-order valence-corrected chi connectivity index (χ4v) is 7.76. The van der Waals surface area contributed by atoms with E-state index in [0.29, 0.717) is 17.4 Å². The van der Waals surface area contributed by atoms with Gasteiger partial charge in [0.05, 0.1) is 40.3 Å². The molecule has 2 atom stereocenters. The van der Waals surface area contributed by atoms with Gasteiger partial charge in [-0.1, -0.05) is 239 Å². The van der Waals surface area contributed by atoms with Crippen molar-refractivity contribution in [3.8, 4) is 0 Å². The van der Waals surface area contributed by atoms with Crippen LogP contribution in [0.5, 0.6) is 0 Å². The van der Waals surface area contributed by atoms with E-state index < -0.39 is 24.3 Å². The summed E-state index contributed by atoms with van der Waals surface area (Å²) in [7, 11) is 5.91. The first-order valence-electron chi connectivity index (χ1n) is 29.5. The first-order chi connectivity index (χ1) is 36.1. The number of unbranched alkanes of at least 4 members (excludes halogenated alkanes) is 20. The third-order valence-electron chi connectivity index (χ3n) is 12.3. The first kappa shape index (κ1) is 70.0. The van der Waals surface area contributed by atoms with Crippen molar-refractivity contribution in [1.29, 1.82) is 0 Å². The number of carboxylic acid groups (broad SMARTS) is 1. The summed E-state index contributed by atoms with van der Waals surface area (Å²) in [5.74, 6) is -2.31. The normalized spacial score (nSPS) is 13.6. The molecule has 0 N–H and O–H groups in total. The van der Waals surface area contributed by atoms with Crippen LogP contribution < -0.4 is 5.11 Å². The van der Waals surface area contributed by atoms with Crippen LogP contribution in [-0.2, 0) is 33.3 Å². The van der Waals surface area contributed by atoms with Gasteiger partial charge in [0, 0.05) is 12.8 Å². The molecule has 0 radical (unpaired) electrons. The van der Waals surface area contributed by atoms with Gasteiger partial charge in [-0.2, -0.15) is 0 Å². The average molecular weight is 1030 g/mol. The summed E-state index contributed by atoms with van der Waals surface area (Å²) >= 11 is 0. The smallest absolute Gasteiger partial charge is 0.306 e. The lowest BCUT2D eigenvalue weighted by molar-refractivity contribution is -0.870. The number of quaternary nitrogens is 1. The molecule has 0 bridgehead atoms. The fraction of sp³-hybridized carbons (Fsp3) is 0.677. The predicted molar refractivity (Wildman–Crippen MR) is 310 cm³/mol. The Hall–Kier alpha value is -4.05. The summed E-state index contributed by atoms with van der Waals surface area (Å²) in [5, 5.41) is 11.8. The minimum atomic E-state index is -1.63. The standard InChI is InChI=1S/C65H109NO8/c1-6-8-10-12-14-16-18-20-22-24-25-26-27-28-29-30-31-32-33-34-35-36-37-38-39-40-42-44-46-48-50-52-54-56-63(68)74-61(60-73-65(64(69)70)71-58-57-66(3,4)5)59-72-62(67)55-53-51-49-47-45-43-41-23-21-19-17-15-13-11-9-7-2/h8,10,14,16,20,22,25-26,28-29,31-32,34-35,37-38,40,42,61,65H,6-7,9,11-13,15,17-19,21,23-24,27,30,33,36,39,41,43-60H2,1-5H3/b10-8-,16-14-,22-20-,26-25-,29-28-,32-31-,35-34-,38-37-,42-40-. The number of carboxylic acids is 1. The number of hydrogen-bond acceptors (Lipinski definition) is 8. The highest BCUT2D eigenvalue weighted by molar-refractivity contribution is 5.70. The number of likely N-dealkylation sites (N-methyl/N-ethyl adjacent to an activating group) is 1. The highest BCUT2D eigenvalue weighted by Crippen LogP contribution is 2.15. The van der Waals surface area contributed by atoms with Crippen molar-refractivity contribution in [2.45, 2.75) is 238 Å². The molecule has 0 spiro atoms. The second-order valence-corrected chi connectivity index (χ2v) is 20.6. The van der Waals surface area contributed by atoms with Gasteiger partial charge >= 0.3 is 11.9 Å². The molecular weight excluding hydrogens is 923 g/mol. The van der Waals surface area contributed by atoms with Crippen molar-refractivity contribution < 1.29 is 42.9 Å². The third kappa shape index (κ3) is 55.7.